The SMILES string of the molecule is CC(C)CCC(N)c1cccnc1.Cl. The van der Waals surface area contributed by atoms with Crippen molar-refractivity contribution in [3.8, 4) is 0 Å². The number of nitrogens with zero attached hydrogens (tertiary/aromatic N) is 1. The molecule has 0 amide bonds. The molecular weight excluding hydrogens is 196 g/mol. The summed E-state index contributed by atoms with van der Waals surface area (Å²) < 4.78 is 0. The highest BCUT2D eigenvalue weighted by molar-refractivity contribution is 5.85. The molecule has 1 rings (SSSR count). The fourth-order valence-electron chi connectivity index (χ4n) is 1.27. The van der Waals surface area contributed by atoms with Crippen LogP contribution in [0.15, 0.2) is 24.5 Å². The molecule has 0 spiro atoms. The minimum absolute atomic E-state index is 0. The summed E-state index contributed by atoms with van der Waals surface area (Å²) in [4.78, 5) is 4.05. The lowest BCUT2D eigenvalue weighted by molar-refractivity contribution is 0.506. The van der Waals surface area contributed by atoms with Gasteiger partial charge >= 0.3 is 0 Å². The predicted molar refractivity (Wildman–Crippen MR) is 62.5 cm³/mol. The van der Waals surface area contributed by atoms with Crippen molar-refractivity contribution in [1.29, 1.82) is 0 Å². The van der Waals surface area contributed by atoms with Gasteiger partial charge in [-0.05, 0) is 30.4 Å². The van der Waals surface area contributed by atoms with Crippen LogP contribution in [0.1, 0.15) is 38.3 Å². The van der Waals surface area contributed by atoms with Gasteiger partial charge in [0.1, 0.15) is 0 Å². The molecule has 0 fully saturated rings. The summed E-state index contributed by atoms with van der Waals surface area (Å²) >= 11 is 0. The van der Waals surface area contributed by atoms with E-state index in [4.69, 9.17) is 5.73 Å². The van der Waals surface area contributed by atoms with Crippen molar-refractivity contribution in [3.05, 3.63) is 30.1 Å². The van der Waals surface area contributed by atoms with Crippen molar-refractivity contribution in [1.82, 2.24) is 4.98 Å². The average Bonchev–Trinajstić information content (AvgIpc) is 2.15. The third-order valence-electron chi connectivity index (χ3n) is 2.17. The molecule has 0 radical (unpaired) electrons. The quantitative estimate of drug-likeness (QED) is 0.837. The van der Waals surface area contributed by atoms with Gasteiger partial charge in [-0.15, -0.1) is 12.4 Å². The summed E-state index contributed by atoms with van der Waals surface area (Å²) in [5, 5.41) is 0. The standard InChI is InChI=1S/C11H18N2.ClH/c1-9(2)5-6-11(12)10-4-3-7-13-8-10;/h3-4,7-9,11H,5-6,12H2,1-2H3;1H. The molecule has 0 aliphatic carbocycles. The van der Waals surface area contributed by atoms with Crippen LogP contribution in [0, 0.1) is 5.92 Å². The Balaban J connectivity index is 0.00000169. The third kappa shape index (κ3) is 4.58. The van der Waals surface area contributed by atoms with E-state index < -0.39 is 0 Å². The largest absolute Gasteiger partial charge is 0.324 e. The minimum atomic E-state index is 0. The van der Waals surface area contributed by atoms with Crippen LogP contribution in [0.4, 0.5) is 0 Å². The molecule has 0 aliphatic rings. The number of nitrogens with two attached hydrogens (primary N) is 1. The summed E-state index contributed by atoms with van der Waals surface area (Å²) in [7, 11) is 0. The smallest absolute Gasteiger partial charge is 0.0315 e. The summed E-state index contributed by atoms with van der Waals surface area (Å²) in [6.45, 7) is 4.44. The van der Waals surface area contributed by atoms with Crippen molar-refractivity contribution in [2.24, 2.45) is 11.7 Å². The van der Waals surface area contributed by atoms with Crippen LogP contribution < -0.4 is 5.73 Å². The molecule has 1 aromatic rings. The van der Waals surface area contributed by atoms with E-state index in [2.05, 4.69) is 18.8 Å². The molecule has 1 atom stereocenters. The zero-order chi connectivity index (χ0) is 9.68. The Morgan fingerprint density at radius 3 is 2.57 bits per heavy atom. The van der Waals surface area contributed by atoms with E-state index in [0.717, 1.165) is 17.9 Å². The molecule has 3 heteroatoms. The monoisotopic (exact) mass is 214 g/mol. The first-order chi connectivity index (χ1) is 6.20. The highest BCUT2D eigenvalue weighted by Crippen LogP contribution is 2.17. The molecule has 1 heterocycles. The Morgan fingerprint density at radius 1 is 1.36 bits per heavy atom. The Bertz CT molecular complexity index is 236. The summed E-state index contributed by atoms with van der Waals surface area (Å²) in [6, 6.07) is 4.12. The molecule has 0 saturated carbocycles. The molecular formula is C11H19ClN2. The molecule has 14 heavy (non-hydrogen) atoms. The van der Waals surface area contributed by atoms with E-state index in [-0.39, 0.29) is 18.4 Å². The van der Waals surface area contributed by atoms with E-state index in [1.165, 1.54) is 6.42 Å². The minimum Gasteiger partial charge on any atom is -0.324 e. The first-order valence-corrected chi connectivity index (χ1v) is 4.85. The highest BCUT2D eigenvalue weighted by Gasteiger charge is 2.06. The van der Waals surface area contributed by atoms with Gasteiger partial charge in [0, 0.05) is 18.4 Å². The summed E-state index contributed by atoms with van der Waals surface area (Å²) in [5.41, 5.74) is 7.15. The van der Waals surface area contributed by atoms with Gasteiger partial charge < -0.3 is 5.73 Å². The zero-order valence-electron chi connectivity index (χ0n) is 8.81. The Hall–Kier alpha value is -0.600. The van der Waals surface area contributed by atoms with Crippen molar-refractivity contribution in [2.45, 2.75) is 32.7 Å². The second-order valence-electron chi connectivity index (χ2n) is 3.86. The van der Waals surface area contributed by atoms with Gasteiger partial charge in [-0.25, -0.2) is 0 Å². The van der Waals surface area contributed by atoms with Gasteiger partial charge in [0.25, 0.3) is 0 Å². The number of pyridine rings is 1. The normalized spacial score (nSPS) is 12.3. The maximum absolute atomic E-state index is 6.00. The summed E-state index contributed by atoms with van der Waals surface area (Å²) in [6.07, 6.45) is 5.85. The zero-order valence-corrected chi connectivity index (χ0v) is 9.63. The van der Waals surface area contributed by atoms with Crippen LogP contribution in [0.3, 0.4) is 0 Å². The third-order valence-corrected chi connectivity index (χ3v) is 2.17. The van der Waals surface area contributed by atoms with Gasteiger partial charge in [-0.3, -0.25) is 4.98 Å². The number of aromatic nitrogens is 1. The van der Waals surface area contributed by atoms with Crippen LogP contribution >= 0.6 is 12.4 Å². The number of hydrogen-bond acceptors (Lipinski definition) is 2. The van der Waals surface area contributed by atoms with Gasteiger partial charge in [-0.1, -0.05) is 19.9 Å². The van der Waals surface area contributed by atoms with E-state index in [1.54, 1.807) is 6.20 Å². The van der Waals surface area contributed by atoms with Crippen molar-refractivity contribution >= 4 is 12.4 Å². The van der Waals surface area contributed by atoms with Crippen molar-refractivity contribution < 1.29 is 0 Å². The average molecular weight is 215 g/mol. The lowest BCUT2D eigenvalue weighted by atomic mass is 10.00. The van der Waals surface area contributed by atoms with Gasteiger partial charge in [0.2, 0.25) is 0 Å². The number of hydrogen-bond donors (Lipinski definition) is 1. The highest BCUT2D eigenvalue weighted by atomic mass is 35.5. The summed E-state index contributed by atoms with van der Waals surface area (Å²) in [5.74, 6) is 0.725. The Morgan fingerprint density at radius 2 is 2.07 bits per heavy atom. The molecule has 1 aromatic heterocycles. The Kier molecular flexibility index (Phi) is 6.50. The molecule has 2 N–H and O–H groups in total. The van der Waals surface area contributed by atoms with Crippen molar-refractivity contribution in [2.75, 3.05) is 0 Å². The first-order valence-electron chi connectivity index (χ1n) is 4.85. The maximum Gasteiger partial charge on any atom is 0.0315 e. The second kappa shape index (κ2) is 6.80. The molecule has 1 unspecified atom stereocenters. The molecule has 0 bridgehead atoms. The van der Waals surface area contributed by atoms with Crippen LogP contribution in [-0.4, -0.2) is 4.98 Å². The van der Waals surface area contributed by atoms with E-state index in [0.29, 0.717) is 0 Å². The fraction of sp³-hybridized carbons (Fsp3) is 0.545. The lowest BCUT2D eigenvalue weighted by Crippen LogP contribution is -2.11. The van der Waals surface area contributed by atoms with Crippen LogP contribution in [0.2, 0.25) is 0 Å². The predicted octanol–water partition coefficient (Wildman–Crippen LogP) is 2.94. The topological polar surface area (TPSA) is 38.9 Å². The Labute approximate surface area is 92.3 Å². The van der Waals surface area contributed by atoms with E-state index in [1.807, 2.05) is 18.3 Å². The number of rotatable bonds is 4. The fourth-order valence-corrected chi connectivity index (χ4v) is 1.27. The van der Waals surface area contributed by atoms with Crippen LogP contribution in [-0.2, 0) is 0 Å². The van der Waals surface area contributed by atoms with Crippen molar-refractivity contribution in [3.63, 3.8) is 0 Å². The first kappa shape index (κ1) is 13.4. The molecule has 2 nitrogen and oxygen atoms in total. The maximum atomic E-state index is 6.00. The molecule has 0 aromatic carbocycles. The van der Waals surface area contributed by atoms with E-state index >= 15 is 0 Å². The molecule has 80 valence electrons. The van der Waals surface area contributed by atoms with Gasteiger partial charge in [-0.2, -0.15) is 0 Å². The molecule has 0 saturated heterocycles. The van der Waals surface area contributed by atoms with Crippen LogP contribution in [0.25, 0.3) is 0 Å². The second-order valence-corrected chi connectivity index (χ2v) is 3.86. The van der Waals surface area contributed by atoms with Crippen LogP contribution in [0.5, 0.6) is 0 Å². The van der Waals surface area contributed by atoms with E-state index in [9.17, 15) is 0 Å². The van der Waals surface area contributed by atoms with Gasteiger partial charge in [0.15, 0.2) is 0 Å². The number of halogens is 1. The lowest BCUT2D eigenvalue weighted by Gasteiger charge is -2.12. The van der Waals surface area contributed by atoms with Gasteiger partial charge in [0.05, 0.1) is 0 Å². The molecule has 0 aliphatic heterocycles.